The van der Waals surface area contributed by atoms with Crippen LogP contribution in [0.2, 0.25) is 0 Å². The lowest BCUT2D eigenvalue weighted by atomic mass is 10.2. The van der Waals surface area contributed by atoms with E-state index in [9.17, 15) is 4.39 Å². The number of likely N-dealkylation sites (N-methyl/N-ethyl adjacent to an activating group) is 1. The molecular weight excluding hydrogens is 369 g/mol. The molecule has 1 aliphatic rings. The Balaban J connectivity index is 0.00000210. The number of halogens is 2. The predicted molar refractivity (Wildman–Crippen MR) is 103 cm³/mol. The first-order valence-corrected chi connectivity index (χ1v) is 8.94. The molecule has 0 amide bonds. The molecule has 2 aromatic heterocycles. The van der Waals surface area contributed by atoms with Crippen molar-refractivity contribution in [3.8, 4) is 17.3 Å². The van der Waals surface area contributed by atoms with Crippen molar-refractivity contribution in [3.05, 3.63) is 46.7 Å². The highest BCUT2D eigenvalue weighted by molar-refractivity contribution is 5.85. The fourth-order valence-electron chi connectivity index (χ4n) is 3.40. The van der Waals surface area contributed by atoms with E-state index in [1.54, 1.807) is 10.7 Å². The number of nitrogens with zero attached hydrogens (tertiary/aromatic N) is 4. The molecule has 0 bridgehead atoms. The quantitative estimate of drug-likeness (QED) is 0.721. The topological polar surface area (TPSA) is 68.8 Å². The average molecular weight is 392 g/mol. The first kappa shape index (κ1) is 19.5. The average Bonchev–Trinajstić information content (AvgIpc) is 3.31. The Morgan fingerprint density at radius 2 is 2.15 bits per heavy atom. The van der Waals surface area contributed by atoms with Crippen molar-refractivity contribution in [2.75, 3.05) is 7.05 Å². The van der Waals surface area contributed by atoms with E-state index in [0.29, 0.717) is 29.5 Å². The smallest absolute Gasteiger partial charge is 0.278 e. The van der Waals surface area contributed by atoms with Crippen LogP contribution in [0.5, 0.6) is 0 Å². The van der Waals surface area contributed by atoms with E-state index in [1.165, 1.54) is 6.07 Å². The summed E-state index contributed by atoms with van der Waals surface area (Å²) < 4.78 is 21.6. The Morgan fingerprint density at radius 1 is 1.33 bits per heavy atom. The minimum Gasteiger partial charge on any atom is -0.332 e. The molecule has 0 saturated carbocycles. The first-order valence-electron chi connectivity index (χ1n) is 8.94. The van der Waals surface area contributed by atoms with E-state index < -0.39 is 0 Å². The third-order valence-corrected chi connectivity index (χ3v) is 4.91. The van der Waals surface area contributed by atoms with Gasteiger partial charge in [-0.25, -0.2) is 9.07 Å². The number of aryl methyl sites for hydroxylation is 1. The van der Waals surface area contributed by atoms with Crippen molar-refractivity contribution in [2.45, 2.75) is 45.6 Å². The van der Waals surface area contributed by atoms with Crippen molar-refractivity contribution in [1.82, 2.24) is 25.2 Å². The maximum absolute atomic E-state index is 14.5. The lowest BCUT2D eigenvalue weighted by Crippen LogP contribution is -2.24. The van der Waals surface area contributed by atoms with Crippen LogP contribution in [-0.4, -0.2) is 33.0 Å². The Hall–Kier alpha value is -2.25. The molecule has 4 rings (SSSR count). The molecule has 0 radical (unpaired) electrons. The third kappa shape index (κ3) is 3.61. The fourth-order valence-corrected chi connectivity index (χ4v) is 3.40. The van der Waals surface area contributed by atoms with Crippen LogP contribution < -0.4 is 5.32 Å². The fraction of sp³-hybridized carbons (Fsp3) is 0.421. The molecule has 1 atom stereocenters. The molecule has 0 fully saturated rings. The van der Waals surface area contributed by atoms with Gasteiger partial charge in [-0.05, 0) is 57.9 Å². The normalized spacial score (nSPS) is 14.1. The zero-order valence-electron chi connectivity index (χ0n) is 15.6. The Kier molecular flexibility index (Phi) is 5.62. The SMILES string of the molecule is CNC(C)Cc1noc(-c2nn(-c3ccc(C)cc3F)c3c2CCC3)n1.Cl. The lowest BCUT2D eigenvalue weighted by Gasteiger charge is -2.07. The van der Waals surface area contributed by atoms with Gasteiger partial charge in [0.05, 0.1) is 0 Å². The second kappa shape index (κ2) is 7.78. The summed E-state index contributed by atoms with van der Waals surface area (Å²) in [5, 5.41) is 11.9. The van der Waals surface area contributed by atoms with Gasteiger partial charge in [0.2, 0.25) is 0 Å². The highest BCUT2D eigenvalue weighted by Crippen LogP contribution is 2.33. The van der Waals surface area contributed by atoms with E-state index in [4.69, 9.17) is 4.52 Å². The van der Waals surface area contributed by atoms with Gasteiger partial charge in [-0.15, -0.1) is 12.4 Å². The number of hydrogen-bond donors (Lipinski definition) is 1. The van der Waals surface area contributed by atoms with Crippen molar-refractivity contribution in [1.29, 1.82) is 0 Å². The summed E-state index contributed by atoms with van der Waals surface area (Å²) in [6.07, 6.45) is 3.46. The number of benzene rings is 1. The van der Waals surface area contributed by atoms with E-state index in [0.717, 1.165) is 36.1 Å². The number of fused-ring (bicyclic) bond motifs is 1. The number of aromatic nitrogens is 4. The van der Waals surface area contributed by atoms with Gasteiger partial charge in [-0.3, -0.25) is 0 Å². The largest absolute Gasteiger partial charge is 0.332 e. The van der Waals surface area contributed by atoms with Gasteiger partial charge in [0.1, 0.15) is 11.5 Å². The third-order valence-electron chi connectivity index (χ3n) is 4.91. The summed E-state index contributed by atoms with van der Waals surface area (Å²) in [6, 6.07) is 5.45. The van der Waals surface area contributed by atoms with Gasteiger partial charge in [0, 0.05) is 23.7 Å². The van der Waals surface area contributed by atoms with Crippen LogP contribution in [-0.2, 0) is 19.3 Å². The molecule has 0 saturated heterocycles. The summed E-state index contributed by atoms with van der Waals surface area (Å²) in [6.45, 7) is 3.93. The van der Waals surface area contributed by atoms with Gasteiger partial charge < -0.3 is 9.84 Å². The Bertz CT molecular complexity index is 952. The predicted octanol–water partition coefficient (Wildman–Crippen LogP) is 3.43. The van der Waals surface area contributed by atoms with Gasteiger partial charge in [-0.2, -0.15) is 10.1 Å². The highest BCUT2D eigenvalue weighted by atomic mass is 35.5. The Labute approximate surface area is 163 Å². The number of nitrogens with one attached hydrogen (secondary N) is 1. The van der Waals surface area contributed by atoms with Gasteiger partial charge in [0.15, 0.2) is 11.5 Å². The van der Waals surface area contributed by atoms with Crippen LogP contribution in [0, 0.1) is 12.7 Å². The second-order valence-corrected chi connectivity index (χ2v) is 6.90. The summed E-state index contributed by atoms with van der Waals surface area (Å²) in [5.41, 5.74) is 4.14. The minimum absolute atomic E-state index is 0. The molecule has 0 aliphatic heterocycles. The zero-order chi connectivity index (χ0) is 18.3. The van der Waals surface area contributed by atoms with E-state index in [1.807, 2.05) is 20.0 Å². The van der Waals surface area contributed by atoms with Gasteiger partial charge in [0.25, 0.3) is 5.89 Å². The van der Waals surface area contributed by atoms with Crippen LogP contribution in [0.15, 0.2) is 22.7 Å². The summed E-state index contributed by atoms with van der Waals surface area (Å²) in [4.78, 5) is 4.50. The zero-order valence-corrected chi connectivity index (χ0v) is 16.4. The second-order valence-electron chi connectivity index (χ2n) is 6.90. The minimum atomic E-state index is -0.275. The van der Waals surface area contributed by atoms with Crippen LogP contribution >= 0.6 is 12.4 Å². The molecular formula is C19H23ClFN5O. The summed E-state index contributed by atoms with van der Waals surface area (Å²) in [5.74, 6) is 0.778. The van der Waals surface area contributed by atoms with Crippen LogP contribution in [0.25, 0.3) is 17.3 Å². The number of hydrogen-bond acceptors (Lipinski definition) is 5. The first-order chi connectivity index (χ1) is 12.6. The van der Waals surface area contributed by atoms with E-state index >= 15 is 0 Å². The van der Waals surface area contributed by atoms with E-state index in [2.05, 4.69) is 27.5 Å². The Morgan fingerprint density at radius 3 is 2.89 bits per heavy atom. The van der Waals surface area contributed by atoms with E-state index in [-0.39, 0.29) is 24.3 Å². The molecule has 8 heteroatoms. The molecule has 27 heavy (non-hydrogen) atoms. The molecule has 1 aromatic carbocycles. The summed E-state index contributed by atoms with van der Waals surface area (Å²) in [7, 11) is 1.90. The van der Waals surface area contributed by atoms with Crippen LogP contribution in [0.3, 0.4) is 0 Å². The van der Waals surface area contributed by atoms with Gasteiger partial charge >= 0.3 is 0 Å². The van der Waals surface area contributed by atoms with Crippen LogP contribution in [0.1, 0.15) is 36.0 Å². The standard InChI is InChI=1S/C19H22FN5O.ClH/c1-11-7-8-16(14(20)9-11)25-15-6-4-5-13(15)18(23-25)19-22-17(24-26-19)10-12(2)21-3;/h7-9,12,21H,4-6,10H2,1-3H3;1H. The molecule has 0 spiro atoms. The van der Waals surface area contributed by atoms with Crippen molar-refractivity contribution in [2.24, 2.45) is 0 Å². The maximum atomic E-state index is 14.5. The molecule has 2 heterocycles. The van der Waals surface area contributed by atoms with Crippen LogP contribution in [0.4, 0.5) is 4.39 Å². The monoisotopic (exact) mass is 391 g/mol. The molecule has 3 aromatic rings. The molecule has 6 nitrogen and oxygen atoms in total. The molecule has 1 unspecified atom stereocenters. The number of rotatable bonds is 5. The maximum Gasteiger partial charge on any atom is 0.278 e. The van der Waals surface area contributed by atoms with Crippen molar-refractivity contribution < 1.29 is 8.91 Å². The molecule has 144 valence electrons. The van der Waals surface area contributed by atoms with Crippen molar-refractivity contribution >= 4 is 12.4 Å². The lowest BCUT2D eigenvalue weighted by molar-refractivity contribution is 0.416. The molecule has 1 N–H and O–H groups in total. The van der Waals surface area contributed by atoms with Gasteiger partial charge in [-0.1, -0.05) is 11.2 Å². The molecule has 1 aliphatic carbocycles. The summed E-state index contributed by atoms with van der Waals surface area (Å²) >= 11 is 0. The highest BCUT2D eigenvalue weighted by Gasteiger charge is 2.28. The van der Waals surface area contributed by atoms with Crippen molar-refractivity contribution in [3.63, 3.8) is 0 Å².